The lowest BCUT2D eigenvalue weighted by Gasteiger charge is -2.38. The molecule has 0 aliphatic carbocycles. The molecule has 0 spiro atoms. The third-order valence-electron chi connectivity index (χ3n) is 6.98. The van der Waals surface area contributed by atoms with Crippen molar-refractivity contribution in [3.63, 3.8) is 0 Å². The highest BCUT2D eigenvalue weighted by Gasteiger charge is 2.41. The van der Waals surface area contributed by atoms with Gasteiger partial charge in [-0.3, -0.25) is 14.7 Å². The number of carbonyl (C=O) groups is 3. The molecule has 5 amide bonds. The van der Waals surface area contributed by atoms with Crippen LogP contribution in [0.3, 0.4) is 0 Å². The number of nitrogens with zero attached hydrogens (tertiary/aromatic N) is 5. The number of imide groups is 1. The number of aryl methyl sites for hydroxylation is 2. The molecule has 2 aliphatic heterocycles. The van der Waals surface area contributed by atoms with Crippen molar-refractivity contribution in [2.75, 3.05) is 29.1 Å². The maximum Gasteiger partial charge on any atom is 0.416 e. The van der Waals surface area contributed by atoms with Gasteiger partial charge < -0.3 is 16.0 Å². The van der Waals surface area contributed by atoms with E-state index >= 15 is 0 Å². The van der Waals surface area contributed by atoms with Gasteiger partial charge in [0, 0.05) is 35.3 Å². The third kappa shape index (κ3) is 5.86. The molecule has 11 nitrogen and oxygen atoms in total. The predicted octanol–water partition coefficient (Wildman–Crippen LogP) is 5.71. The van der Waals surface area contributed by atoms with Crippen molar-refractivity contribution in [1.29, 1.82) is 0 Å². The summed E-state index contributed by atoms with van der Waals surface area (Å²) in [6.07, 6.45) is -3.00. The zero-order valence-electron chi connectivity index (χ0n) is 24.1. The third-order valence-corrected chi connectivity index (χ3v) is 6.98. The van der Waals surface area contributed by atoms with Gasteiger partial charge in [0.05, 0.1) is 29.7 Å². The average molecular weight is 605 g/mol. The molecule has 0 fully saturated rings. The van der Waals surface area contributed by atoms with Crippen LogP contribution in [0.2, 0.25) is 0 Å². The summed E-state index contributed by atoms with van der Waals surface area (Å²) < 4.78 is 39.5. The Labute approximate surface area is 250 Å². The first-order valence-electron chi connectivity index (χ1n) is 13.4. The number of pyridine rings is 1. The summed E-state index contributed by atoms with van der Waals surface area (Å²) >= 11 is 0. The lowest BCUT2D eigenvalue weighted by Crippen LogP contribution is -2.57. The molecule has 2 aliphatic rings. The minimum absolute atomic E-state index is 0.0918. The number of aliphatic imine (C=N–C) groups is 2. The van der Waals surface area contributed by atoms with E-state index in [0.29, 0.717) is 28.2 Å². The first-order chi connectivity index (χ1) is 20.9. The number of nitrogens with one attached hydrogen (secondary N) is 3. The fourth-order valence-electron chi connectivity index (χ4n) is 4.64. The van der Waals surface area contributed by atoms with Gasteiger partial charge in [-0.25, -0.2) is 14.6 Å². The van der Waals surface area contributed by atoms with Gasteiger partial charge in [0.2, 0.25) is 5.96 Å². The number of anilines is 3. The SMILES string of the molecule is CNC(=O)N1C(=O)N(c2cc(NC(=O)c3cccc(C(F)(F)F)c3)ccc2C)C(C)=C2CN=C(Nc3ccc(C)nc3)N=C21. The fraction of sp³-hybridized carbons (Fsp3) is 0.200. The van der Waals surface area contributed by atoms with Crippen LogP contribution in [0, 0.1) is 13.8 Å². The predicted molar refractivity (Wildman–Crippen MR) is 160 cm³/mol. The van der Waals surface area contributed by atoms with Crippen molar-refractivity contribution >= 4 is 46.8 Å². The summed E-state index contributed by atoms with van der Waals surface area (Å²) in [4.78, 5) is 55.3. The van der Waals surface area contributed by atoms with Crippen LogP contribution < -0.4 is 20.9 Å². The zero-order chi connectivity index (χ0) is 31.8. The number of rotatable bonds is 4. The monoisotopic (exact) mass is 604 g/mol. The summed E-state index contributed by atoms with van der Waals surface area (Å²) in [5, 5.41) is 8.11. The molecule has 5 rings (SSSR count). The molecule has 226 valence electrons. The molecule has 3 heterocycles. The molecule has 0 saturated heterocycles. The second-order valence-corrected chi connectivity index (χ2v) is 9.99. The molecule has 3 N–H and O–H groups in total. The minimum atomic E-state index is -4.61. The van der Waals surface area contributed by atoms with Crippen molar-refractivity contribution in [2.45, 2.75) is 26.9 Å². The number of hydrogen-bond donors (Lipinski definition) is 3. The standard InChI is InChI=1S/C30H27F3N8O3/c1-16-8-10-21(37-26(42)19-6-5-7-20(12-19)30(31,32)33)13-24(16)40-18(3)23-15-36-27(38-22-11-9-17(2)35-14-22)39-25(23)41(29(40)44)28(43)34-4/h5-14H,15H2,1-4H3,(H,34,43)(H,36,38)(H,37,42). The van der Waals surface area contributed by atoms with E-state index in [9.17, 15) is 27.6 Å². The van der Waals surface area contributed by atoms with Crippen LogP contribution in [0.5, 0.6) is 0 Å². The Kier molecular flexibility index (Phi) is 7.91. The van der Waals surface area contributed by atoms with E-state index in [-0.39, 0.29) is 29.6 Å². The Morgan fingerprint density at radius 1 is 0.977 bits per heavy atom. The molecule has 14 heteroatoms. The van der Waals surface area contributed by atoms with E-state index < -0.39 is 29.7 Å². The lowest BCUT2D eigenvalue weighted by atomic mass is 10.0. The van der Waals surface area contributed by atoms with Gasteiger partial charge in [0.1, 0.15) is 0 Å². The van der Waals surface area contributed by atoms with E-state index in [1.165, 1.54) is 24.1 Å². The van der Waals surface area contributed by atoms with Gasteiger partial charge in [0.25, 0.3) is 5.91 Å². The highest BCUT2D eigenvalue weighted by Crippen LogP contribution is 2.35. The van der Waals surface area contributed by atoms with Crippen LogP contribution in [-0.2, 0) is 6.18 Å². The molecule has 0 radical (unpaired) electrons. The Bertz CT molecular complexity index is 1760. The topological polar surface area (TPSA) is 131 Å². The molecule has 3 aromatic rings. The number of guanidine groups is 1. The average Bonchev–Trinajstić information content (AvgIpc) is 2.99. The molecule has 44 heavy (non-hydrogen) atoms. The quantitative estimate of drug-likeness (QED) is 0.351. The van der Waals surface area contributed by atoms with Gasteiger partial charge in [-0.15, -0.1) is 0 Å². The Hall–Kier alpha value is -5.53. The van der Waals surface area contributed by atoms with Gasteiger partial charge in [0.15, 0.2) is 5.84 Å². The van der Waals surface area contributed by atoms with E-state index in [1.54, 1.807) is 38.2 Å². The molecule has 0 bridgehead atoms. The first kappa shape index (κ1) is 29.9. The van der Waals surface area contributed by atoms with Crippen molar-refractivity contribution in [3.8, 4) is 0 Å². The van der Waals surface area contributed by atoms with E-state index in [0.717, 1.165) is 28.8 Å². The number of halogens is 3. The largest absolute Gasteiger partial charge is 0.416 e. The van der Waals surface area contributed by atoms with Crippen LogP contribution in [0.15, 0.2) is 82.0 Å². The number of allylic oxidation sites excluding steroid dienone is 1. The number of aromatic nitrogens is 1. The van der Waals surface area contributed by atoms with Crippen molar-refractivity contribution < 1.29 is 27.6 Å². The number of fused-ring (bicyclic) bond motifs is 1. The van der Waals surface area contributed by atoms with Gasteiger partial charge in [-0.1, -0.05) is 12.1 Å². The van der Waals surface area contributed by atoms with E-state index in [4.69, 9.17) is 0 Å². The molecular formula is C30H27F3N8O3. The van der Waals surface area contributed by atoms with Crippen molar-refractivity contribution in [1.82, 2.24) is 15.2 Å². The number of amides is 5. The maximum atomic E-state index is 13.9. The van der Waals surface area contributed by atoms with Gasteiger partial charge in [-0.2, -0.15) is 23.1 Å². The summed E-state index contributed by atoms with van der Waals surface area (Å²) in [6, 6.07) is 10.9. The van der Waals surface area contributed by atoms with Crippen LogP contribution in [0.4, 0.5) is 39.8 Å². The highest BCUT2D eigenvalue weighted by molar-refractivity contribution is 6.27. The minimum Gasteiger partial charge on any atom is -0.340 e. The Balaban J connectivity index is 1.48. The maximum absolute atomic E-state index is 13.9. The van der Waals surface area contributed by atoms with Crippen LogP contribution >= 0.6 is 0 Å². The van der Waals surface area contributed by atoms with Crippen LogP contribution in [0.25, 0.3) is 0 Å². The van der Waals surface area contributed by atoms with Gasteiger partial charge >= 0.3 is 18.2 Å². The van der Waals surface area contributed by atoms with Gasteiger partial charge in [-0.05, 0) is 68.8 Å². The van der Waals surface area contributed by atoms with Crippen molar-refractivity contribution in [3.05, 3.63) is 94.4 Å². The normalized spacial score (nSPS) is 14.9. The molecule has 1 aromatic heterocycles. The summed E-state index contributed by atoms with van der Waals surface area (Å²) in [6.45, 7) is 5.37. The first-order valence-corrected chi connectivity index (χ1v) is 13.4. The molecule has 0 saturated carbocycles. The lowest BCUT2D eigenvalue weighted by molar-refractivity contribution is -0.137. The fourth-order valence-corrected chi connectivity index (χ4v) is 4.64. The van der Waals surface area contributed by atoms with Crippen molar-refractivity contribution in [2.24, 2.45) is 9.98 Å². The number of carbonyl (C=O) groups excluding carboxylic acids is 3. The molecular weight excluding hydrogens is 577 g/mol. The second-order valence-electron chi connectivity index (χ2n) is 9.99. The zero-order valence-corrected chi connectivity index (χ0v) is 24.1. The van der Waals surface area contributed by atoms with E-state index in [1.807, 2.05) is 13.0 Å². The Morgan fingerprint density at radius 2 is 1.73 bits per heavy atom. The molecule has 2 aromatic carbocycles. The van der Waals surface area contributed by atoms with Crippen LogP contribution in [-0.4, -0.2) is 53.2 Å². The number of hydrogen-bond acceptors (Lipinski definition) is 7. The summed E-state index contributed by atoms with van der Waals surface area (Å²) in [5.74, 6) is -0.474. The number of alkyl halides is 3. The number of benzene rings is 2. The number of urea groups is 2. The molecule has 0 atom stereocenters. The van der Waals surface area contributed by atoms with Crippen LogP contribution in [0.1, 0.15) is 34.1 Å². The highest BCUT2D eigenvalue weighted by atomic mass is 19.4. The number of amidine groups is 1. The summed E-state index contributed by atoms with van der Waals surface area (Å²) in [5.41, 5.74) is 2.47. The smallest absolute Gasteiger partial charge is 0.340 e. The van der Waals surface area contributed by atoms with E-state index in [2.05, 4.69) is 30.9 Å². The second kappa shape index (κ2) is 11.6. The summed E-state index contributed by atoms with van der Waals surface area (Å²) in [7, 11) is 1.38. The Morgan fingerprint density at radius 3 is 2.41 bits per heavy atom. The molecule has 0 unspecified atom stereocenters.